The van der Waals surface area contributed by atoms with Crippen LogP contribution in [0, 0.1) is 0 Å². The molecule has 2 heterocycles. The first-order valence-corrected chi connectivity index (χ1v) is 8.72. The second kappa shape index (κ2) is 7.37. The number of rotatable bonds is 4. The van der Waals surface area contributed by atoms with Gasteiger partial charge in [0.25, 0.3) is 0 Å². The predicted molar refractivity (Wildman–Crippen MR) is 102 cm³/mol. The Morgan fingerprint density at radius 1 is 0.793 bits per heavy atom. The van der Waals surface area contributed by atoms with E-state index in [1.165, 1.54) is 12.1 Å². The van der Waals surface area contributed by atoms with Crippen molar-refractivity contribution in [1.82, 2.24) is 20.3 Å². The summed E-state index contributed by atoms with van der Waals surface area (Å²) in [5.41, 5.74) is 0.0682. The van der Waals surface area contributed by atoms with Crippen molar-refractivity contribution in [2.45, 2.75) is 6.18 Å². The van der Waals surface area contributed by atoms with Crippen LogP contribution in [0.2, 0.25) is 10.0 Å². The Morgan fingerprint density at radius 3 is 2.00 bits per heavy atom. The van der Waals surface area contributed by atoms with Gasteiger partial charge in [0.2, 0.25) is 11.3 Å². The van der Waals surface area contributed by atoms with Gasteiger partial charge in [0.1, 0.15) is 0 Å². The molecular weight excluding hydrogens is 432 g/mol. The van der Waals surface area contributed by atoms with E-state index in [2.05, 4.69) is 35.5 Å². The molecule has 0 fully saturated rings. The van der Waals surface area contributed by atoms with Crippen LogP contribution in [0.15, 0.2) is 47.1 Å². The van der Waals surface area contributed by atoms with Crippen LogP contribution in [0.4, 0.5) is 36.2 Å². The zero-order valence-corrected chi connectivity index (χ0v) is 15.6. The second-order valence-electron chi connectivity index (χ2n) is 5.79. The fraction of sp³-hybridized carbons (Fsp3) is 0.0588. The molecule has 12 heteroatoms. The number of alkyl halides is 3. The van der Waals surface area contributed by atoms with Gasteiger partial charge in [-0.3, -0.25) is 0 Å². The number of fused-ring (bicyclic) bond motifs is 1. The van der Waals surface area contributed by atoms with E-state index >= 15 is 0 Å². The monoisotopic (exact) mass is 440 g/mol. The van der Waals surface area contributed by atoms with E-state index in [0.29, 0.717) is 15.7 Å². The SMILES string of the molecule is FC(F)(F)c1cccc(Nc2nc3nonc3nc2Nc2ccc(Cl)c(Cl)c2)c1. The maximum Gasteiger partial charge on any atom is 0.416 e. The van der Waals surface area contributed by atoms with E-state index in [-0.39, 0.29) is 28.6 Å². The molecule has 148 valence electrons. The minimum absolute atomic E-state index is 0.0826. The van der Waals surface area contributed by atoms with Gasteiger partial charge >= 0.3 is 6.18 Å². The molecule has 0 saturated carbocycles. The molecule has 2 N–H and O–H groups in total. The van der Waals surface area contributed by atoms with E-state index in [1.807, 2.05) is 0 Å². The minimum atomic E-state index is -4.48. The Balaban J connectivity index is 1.73. The van der Waals surface area contributed by atoms with E-state index < -0.39 is 11.7 Å². The molecule has 29 heavy (non-hydrogen) atoms. The number of nitrogens with one attached hydrogen (secondary N) is 2. The largest absolute Gasteiger partial charge is 0.416 e. The Kier molecular flexibility index (Phi) is 4.89. The maximum atomic E-state index is 13.0. The van der Waals surface area contributed by atoms with Crippen molar-refractivity contribution in [1.29, 1.82) is 0 Å². The third kappa shape index (κ3) is 4.17. The number of hydrogen-bond donors (Lipinski definition) is 2. The summed E-state index contributed by atoms with van der Waals surface area (Å²) in [6.07, 6.45) is -4.48. The fourth-order valence-electron chi connectivity index (χ4n) is 2.43. The van der Waals surface area contributed by atoms with Crippen LogP contribution in [-0.2, 0) is 6.18 Å². The zero-order valence-electron chi connectivity index (χ0n) is 14.1. The molecule has 0 bridgehead atoms. The topological polar surface area (TPSA) is 88.8 Å². The van der Waals surface area contributed by atoms with Crippen molar-refractivity contribution in [3.63, 3.8) is 0 Å². The quantitative estimate of drug-likeness (QED) is 0.412. The molecule has 0 saturated heterocycles. The first-order chi connectivity index (χ1) is 13.8. The van der Waals surface area contributed by atoms with Crippen LogP contribution in [0.3, 0.4) is 0 Å². The summed E-state index contributed by atoms with van der Waals surface area (Å²) >= 11 is 11.9. The third-order valence-corrected chi connectivity index (χ3v) is 4.49. The van der Waals surface area contributed by atoms with Gasteiger partial charge in [-0.25, -0.2) is 14.6 Å². The summed E-state index contributed by atoms with van der Waals surface area (Å²) in [6.45, 7) is 0. The minimum Gasteiger partial charge on any atom is -0.337 e. The van der Waals surface area contributed by atoms with Crippen molar-refractivity contribution in [3.8, 4) is 0 Å². The molecule has 7 nitrogen and oxygen atoms in total. The molecule has 0 radical (unpaired) electrons. The van der Waals surface area contributed by atoms with Gasteiger partial charge in [-0.1, -0.05) is 29.3 Å². The molecule has 0 aliphatic rings. The van der Waals surface area contributed by atoms with Crippen molar-refractivity contribution in [2.75, 3.05) is 10.6 Å². The van der Waals surface area contributed by atoms with Crippen molar-refractivity contribution < 1.29 is 17.8 Å². The summed E-state index contributed by atoms with van der Waals surface area (Å²) in [5, 5.41) is 13.7. The third-order valence-electron chi connectivity index (χ3n) is 3.75. The molecule has 2 aromatic heterocycles. The molecular formula is C17H9Cl2F3N6O. The average molecular weight is 441 g/mol. The molecule has 0 atom stereocenters. The highest BCUT2D eigenvalue weighted by Crippen LogP contribution is 2.33. The van der Waals surface area contributed by atoms with Crippen LogP contribution in [0.25, 0.3) is 11.3 Å². The van der Waals surface area contributed by atoms with Crippen molar-refractivity contribution in [3.05, 3.63) is 58.1 Å². The Morgan fingerprint density at radius 2 is 1.41 bits per heavy atom. The number of hydrogen-bond acceptors (Lipinski definition) is 7. The lowest BCUT2D eigenvalue weighted by Gasteiger charge is -2.13. The lowest BCUT2D eigenvalue weighted by molar-refractivity contribution is -0.137. The van der Waals surface area contributed by atoms with Gasteiger partial charge in [0, 0.05) is 11.4 Å². The highest BCUT2D eigenvalue weighted by atomic mass is 35.5. The number of halogens is 5. The summed E-state index contributed by atoms with van der Waals surface area (Å²) in [6, 6.07) is 9.45. The summed E-state index contributed by atoms with van der Waals surface area (Å²) < 4.78 is 43.6. The first kappa shape index (κ1) is 19.2. The standard InChI is InChI=1S/C17H9Cl2F3N6O/c18-11-5-4-10(7-12(11)19)24-14-13(25-15-16(26-14)28-29-27-15)23-9-3-1-2-8(6-9)17(20,21)22/h1-7H,(H,23,25,27)(H,24,26,28). The molecule has 0 aliphatic carbocycles. The normalized spacial score (nSPS) is 11.6. The van der Waals surface area contributed by atoms with Crippen molar-refractivity contribution >= 4 is 57.5 Å². The van der Waals surface area contributed by atoms with Gasteiger partial charge in [0.15, 0.2) is 11.6 Å². The Bertz CT molecular complexity index is 1200. The number of benzene rings is 2. The van der Waals surface area contributed by atoms with Gasteiger partial charge in [-0.05, 0) is 46.7 Å². The van der Waals surface area contributed by atoms with Crippen molar-refractivity contribution in [2.24, 2.45) is 0 Å². The van der Waals surface area contributed by atoms with Gasteiger partial charge in [0.05, 0.1) is 15.6 Å². The van der Waals surface area contributed by atoms with E-state index in [9.17, 15) is 13.2 Å². The number of aromatic nitrogens is 4. The van der Waals surface area contributed by atoms with E-state index in [1.54, 1.807) is 18.2 Å². The molecule has 2 aromatic carbocycles. The number of anilines is 4. The highest BCUT2D eigenvalue weighted by molar-refractivity contribution is 6.42. The highest BCUT2D eigenvalue weighted by Gasteiger charge is 2.30. The Labute approximate surface area is 170 Å². The molecule has 0 spiro atoms. The fourth-order valence-corrected chi connectivity index (χ4v) is 2.73. The van der Waals surface area contributed by atoms with Crippen LogP contribution in [0.1, 0.15) is 5.56 Å². The van der Waals surface area contributed by atoms with Gasteiger partial charge in [-0.15, -0.1) is 0 Å². The van der Waals surface area contributed by atoms with E-state index in [0.717, 1.165) is 12.1 Å². The molecule has 0 aliphatic heterocycles. The molecule has 0 amide bonds. The first-order valence-electron chi connectivity index (χ1n) is 7.96. The van der Waals surface area contributed by atoms with Crippen LogP contribution >= 0.6 is 23.2 Å². The molecule has 4 rings (SSSR count). The maximum absolute atomic E-state index is 13.0. The summed E-state index contributed by atoms with van der Waals surface area (Å²) in [5.74, 6) is 0.280. The Hall–Kier alpha value is -3.11. The zero-order chi connectivity index (χ0) is 20.6. The van der Waals surface area contributed by atoms with Gasteiger partial charge in [-0.2, -0.15) is 13.2 Å². The van der Waals surface area contributed by atoms with Crippen LogP contribution in [0.5, 0.6) is 0 Å². The number of nitrogens with zero attached hydrogens (tertiary/aromatic N) is 4. The predicted octanol–water partition coefficient (Wildman–Crippen LogP) is 5.83. The van der Waals surface area contributed by atoms with Crippen LogP contribution < -0.4 is 10.6 Å². The molecule has 0 unspecified atom stereocenters. The van der Waals surface area contributed by atoms with E-state index in [4.69, 9.17) is 23.2 Å². The molecule has 4 aromatic rings. The summed E-state index contributed by atoms with van der Waals surface area (Å²) in [4.78, 5) is 8.46. The second-order valence-corrected chi connectivity index (χ2v) is 6.60. The average Bonchev–Trinajstić information content (AvgIpc) is 3.12. The smallest absolute Gasteiger partial charge is 0.337 e. The lowest BCUT2D eigenvalue weighted by atomic mass is 10.2. The summed E-state index contributed by atoms with van der Waals surface area (Å²) in [7, 11) is 0. The lowest BCUT2D eigenvalue weighted by Crippen LogP contribution is -2.06. The van der Waals surface area contributed by atoms with Gasteiger partial charge < -0.3 is 10.6 Å². The van der Waals surface area contributed by atoms with Crippen LogP contribution in [-0.4, -0.2) is 20.3 Å².